The van der Waals surface area contributed by atoms with Crippen LogP contribution in [0.4, 0.5) is 4.79 Å². The van der Waals surface area contributed by atoms with E-state index in [0.29, 0.717) is 0 Å². The van der Waals surface area contributed by atoms with E-state index in [1.807, 2.05) is 0 Å². The molecule has 0 aliphatic carbocycles. The number of benzene rings is 2. The molecule has 22 heavy (non-hydrogen) atoms. The van der Waals surface area contributed by atoms with Crippen molar-refractivity contribution in [3.05, 3.63) is 65.2 Å². The van der Waals surface area contributed by atoms with Gasteiger partial charge < -0.3 is 0 Å². The Morgan fingerprint density at radius 1 is 1.09 bits per heavy atom. The van der Waals surface area contributed by atoms with Gasteiger partial charge in [-0.25, -0.2) is 0 Å². The molecule has 1 aliphatic rings. The second-order valence-electron chi connectivity index (χ2n) is 5.29. The summed E-state index contributed by atoms with van der Waals surface area (Å²) in [5.41, 5.74) is 6.53. The summed E-state index contributed by atoms with van der Waals surface area (Å²) in [4.78, 5) is 12.6. The average Bonchev–Trinajstić information content (AvgIpc) is 2.56. The Morgan fingerprint density at radius 3 is 2.59 bits per heavy atom. The molecule has 0 aromatic heterocycles. The van der Waals surface area contributed by atoms with E-state index in [1.165, 1.54) is 51.4 Å². The highest BCUT2D eigenvalue weighted by Crippen LogP contribution is 2.39. The van der Waals surface area contributed by atoms with Crippen LogP contribution >= 0.6 is 23.5 Å². The number of carbonyl (C=O) groups excluding carboxylic acids is 1. The van der Waals surface area contributed by atoms with Gasteiger partial charge in [0.25, 0.3) is 4.45 Å². The van der Waals surface area contributed by atoms with Crippen molar-refractivity contribution in [3.8, 4) is 0 Å². The van der Waals surface area contributed by atoms with E-state index in [2.05, 4.69) is 62.4 Å². The Kier molecular flexibility index (Phi) is 4.74. The third-order valence-electron chi connectivity index (χ3n) is 3.96. The number of carbonyl (C=O) groups is 1. The van der Waals surface area contributed by atoms with Crippen molar-refractivity contribution in [2.24, 2.45) is 0 Å². The SMILES string of the molecule is CCC(=C(C)c1ccc2c(c1)CSC(=O)S2)c1ccccc1. The van der Waals surface area contributed by atoms with Gasteiger partial charge >= 0.3 is 0 Å². The second kappa shape index (κ2) is 6.76. The minimum absolute atomic E-state index is 0.200. The van der Waals surface area contributed by atoms with Crippen molar-refractivity contribution < 1.29 is 4.79 Å². The molecule has 3 heteroatoms. The zero-order chi connectivity index (χ0) is 15.5. The minimum Gasteiger partial charge on any atom is -0.274 e. The molecule has 1 aliphatic heterocycles. The normalized spacial score (nSPS) is 15.3. The monoisotopic (exact) mass is 326 g/mol. The van der Waals surface area contributed by atoms with Gasteiger partial charge in [0.05, 0.1) is 0 Å². The molecule has 1 heterocycles. The topological polar surface area (TPSA) is 17.1 Å². The van der Waals surface area contributed by atoms with Crippen molar-refractivity contribution in [3.63, 3.8) is 0 Å². The molecular formula is C19H18OS2. The first-order chi connectivity index (χ1) is 10.7. The highest BCUT2D eigenvalue weighted by molar-refractivity contribution is 8.38. The first kappa shape index (κ1) is 15.4. The smallest absolute Gasteiger partial charge is 0.251 e. The molecule has 0 spiro atoms. The van der Waals surface area contributed by atoms with E-state index in [0.717, 1.165) is 17.1 Å². The van der Waals surface area contributed by atoms with E-state index in [-0.39, 0.29) is 4.45 Å². The molecule has 0 saturated carbocycles. The number of allylic oxidation sites excluding steroid dienone is 2. The number of hydrogen-bond acceptors (Lipinski definition) is 3. The molecule has 0 bridgehead atoms. The maximum Gasteiger partial charge on any atom is 0.251 e. The van der Waals surface area contributed by atoms with Crippen LogP contribution in [0.3, 0.4) is 0 Å². The van der Waals surface area contributed by atoms with Crippen molar-refractivity contribution in [2.75, 3.05) is 0 Å². The van der Waals surface area contributed by atoms with Crippen molar-refractivity contribution >= 4 is 39.1 Å². The Balaban J connectivity index is 2.02. The lowest BCUT2D eigenvalue weighted by Crippen LogP contribution is -1.98. The summed E-state index contributed by atoms with van der Waals surface area (Å²) >= 11 is 2.75. The van der Waals surface area contributed by atoms with Crippen LogP contribution in [0.2, 0.25) is 0 Å². The minimum atomic E-state index is 0.200. The van der Waals surface area contributed by atoms with Crippen molar-refractivity contribution in [1.29, 1.82) is 0 Å². The first-order valence-electron chi connectivity index (χ1n) is 7.42. The lowest BCUT2D eigenvalue weighted by Gasteiger charge is -2.17. The van der Waals surface area contributed by atoms with Crippen LogP contribution in [-0.4, -0.2) is 4.45 Å². The molecule has 3 rings (SSSR count). The molecule has 0 radical (unpaired) electrons. The van der Waals surface area contributed by atoms with Gasteiger partial charge in [0.15, 0.2) is 0 Å². The van der Waals surface area contributed by atoms with E-state index < -0.39 is 0 Å². The summed E-state index contributed by atoms with van der Waals surface area (Å²) < 4.78 is 0.200. The standard InChI is InChI=1S/C19H18OS2/c1-3-17(14-7-5-4-6-8-14)13(2)15-9-10-18-16(11-15)12-21-19(20)22-18/h4-11H,3,12H2,1-2H3. The quantitative estimate of drug-likeness (QED) is 0.600. The first-order valence-corrected chi connectivity index (χ1v) is 9.22. The number of rotatable bonds is 3. The summed E-state index contributed by atoms with van der Waals surface area (Å²) in [6.45, 7) is 4.40. The van der Waals surface area contributed by atoms with Crippen LogP contribution in [0.1, 0.15) is 37.0 Å². The van der Waals surface area contributed by atoms with E-state index in [9.17, 15) is 4.79 Å². The van der Waals surface area contributed by atoms with Crippen LogP contribution in [0.15, 0.2) is 53.4 Å². The summed E-state index contributed by atoms with van der Waals surface area (Å²) in [5, 5.41) is 0. The predicted octanol–water partition coefficient (Wildman–Crippen LogP) is 6.49. The second-order valence-corrected chi connectivity index (χ2v) is 7.51. The summed E-state index contributed by atoms with van der Waals surface area (Å²) in [6, 6.07) is 17.0. The van der Waals surface area contributed by atoms with Gasteiger partial charge in [0.1, 0.15) is 0 Å². The third-order valence-corrected chi connectivity index (χ3v) is 6.04. The molecule has 1 nitrogen and oxygen atoms in total. The van der Waals surface area contributed by atoms with Crippen molar-refractivity contribution in [1.82, 2.24) is 0 Å². The Hall–Kier alpha value is -1.45. The molecule has 2 aromatic rings. The Labute approximate surface area is 140 Å². The largest absolute Gasteiger partial charge is 0.274 e. The third kappa shape index (κ3) is 3.16. The molecular weight excluding hydrogens is 308 g/mol. The lowest BCUT2D eigenvalue weighted by molar-refractivity contribution is 0.276. The van der Waals surface area contributed by atoms with E-state index in [4.69, 9.17) is 0 Å². The zero-order valence-electron chi connectivity index (χ0n) is 12.8. The maximum absolute atomic E-state index is 11.5. The lowest BCUT2D eigenvalue weighted by atomic mass is 9.93. The summed E-state index contributed by atoms with van der Waals surface area (Å²) in [7, 11) is 0. The van der Waals surface area contributed by atoms with Crippen LogP contribution in [-0.2, 0) is 5.75 Å². The predicted molar refractivity (Wildman–Crippen MR) is 98.2 cm³/mol. The molecule has 112 valence electrons. The average molecular weight is 326 g/mol. The van der Waals surface area contributed by atoms with Crippen LogP contribution in [0.5, 0.6) is 0 Å². The van der Waals surface area contributed by atoms with Gasteiger partial charge in [0, 0.05) is 10.6 Å². The highest BCUT2D eigenvalue weighted by atomic mass is 32.2. The van der Waals surface area contributed by atoms with Crippen LogP contribution < -0.4 is 0 Å². The van der Waals surface area contributed by atoms with Gasteiger partial charge in [-0.1, -0.05) is 55.1 Å². The molecule has 0 atom stereocenters. The fourth-order valence-electron chi connectivity index (χ4n) is 2.78. The molecule has 0 fully saturated rings. The molecule has 0 saturated heterocycles. The Morgan fingerprint density at radius 2 is 1.86 bits per heavy atom. The molecule has 0 unspecified atom stereocenters. The van der Waals surface area contributed by atoms with Gasteiger partial charge in [0.2, 0.25) is 0 Å². The molecule has 0 amide bonds. The fourth-order valence-corrected chi connectivity index (χ4v) is 4.64. The number of thioether (sulfide) groups is 2. The van der Waals surface area contributed by atoms with Gasteiger partial charge in [-0.15, -0.1) is 0 Å². The van der Waals surface area contributed by atoms with Gasteiger partial charge in [-0.3, -0.25) is 4.79 Å². The maximum atomic E-state index is 11.5. The summed E-state index contributed by atoms with van der Waals surface area (Å²) in [6.07, 6.45) is 1.01. The van der Waals surface area contributed by atoms with Gasteiger partial charge in [-0.2, -0.15) is 0 Å². The Bertz CT molecular complexity index is 732. The van der Waals surface area contributed by atoms with Gasteiger partial charge in [-0.05, 0) is 65.1 Å². The highest BCUT2D eigenvalue weighted by Gasteiger charge is 2.18. The summed E-state index contributed by atoms with van der Waals surface area (Å²) in [5.74, 6) is 0.787. The molecule has 2 aromatic carbocycles. The number of fused-ring (bicyclic) bond motifs is 1. The van der Waals surface area contributed by atoms with E-state index in [1.54, 1.807) is 0 Å². The van der Waals surface area contributed by atoms with Crippen LogP contribution in [0, 0.1) is 0 Å². The van der Waals surface area contributed by atoms with E-state index >= 15 is 0 Å². The zero-order valence-corrected chi connectivity index (χ0v) is 14.4. The fraction of sp³-hybridized carbons (Fsp3) is 0.211. The van der Waals surface area contributed by atoms with Crippen molar-refractivity contribution in [2.45, 2.75) is 30.9 Å². The number of hydrogen-bond donors (Lipinski definition) is 0. The van der Waals surface area contributed by atoms with Crippen LogP contribution in [0.25, 0.3) is 11.1 Å². The molecule has 0 N–H and O–H groups in total.